The second kappa shape index (κ2) is 3.54. The van der Waals surface area contributed by atoms with Crippen molar-refractivity contribution in [2.45, 2.75) is 45.6 Å². The number of hydrogen-bond acceptors (Lipinski definition) is 1. The lowest BCUT2D eigenvalue weighted by atomic mass is 9.81. The third-order valence-corrected chi connectivity index (χ3v) is 3.46. The van der Waals surface area contributed by atoms with Gasteiger partial charge in [-0.15, -0.1) is 0 Å². The largest absolute Gasteiger partial charge is 0.337 e. The first-order valence-corrected chi connectivity index (χ1v) is 5.80. The fraction of sp³-hybridized carbons (Fsp3) is 0.727. The molecular formula is C11H18N2S. The lowest BCUT2D eigenvalue weighted by Crippen LogP contribution is -2.26. The minimum Gasteiger partial charge on any atom is -0.337 e. The van der Waals surface area contributed by atoms with Crippen LogP contribution in [-0.4, -0.2) is 9.55 Å². The zero-order chi connectivity index (χ0) is 10.3. The summed E-state index contributed by atoms with van der Waals surface area (Å²) < 4.78 is 3.21. The van der Waals surface area contributed by atoms with E-state index < -0.39 is 0 Å². The summed E-state index contributed by atoms with van der Waals surface area (Å²) >= 11 is 5.31. The zero-order valence-corrected chi connectivity index (χ0v) is 9.90. The molecule has 78 valence electrons. The molecule has 0 unspecified atom stereocenters. The van der Waals surface area contributed by atoms with Gasteiger partial charge in [0.2, 0.25) is 0 Å². The van der Waals surface area contributed by atoms with E-state index in [4.69, 9.17) is 12.2 Å². The van der Waals surface area contributed by atoms with Crippen molar-refractivity contribution in [3.63, 3.8) is 0 Å². The van der Waals surface area contributed by atoms with Crippen LogP contribution in [0.3, 0.4) is 0 Å². The molecule has 1 aromatic heterocycles. The molecule has 0 spiro atoms. The Morgan fingerprint density at radius 1 is 1.50 bits per heavy atom. The summed E-state index contributed by atoms with van der Waals surface area (Å²) in [5, 5.41) is 0. The van der Waals surface area contributed by atoms with Gasteiger partial charge in [-0.05, 0) is 36.9 Å². The highest BCUT2D eigenvalue weighted by molar-refractivity contribution is 7.71. The van der Waals surface area contributed by atoms with Crippen molar-refractivity contribution in [1.82, 2.24) is 9.55 Å². The summed E-state index contributed by atoms with van der Waals surface area (Å²) in [5.41, 5.74) is 1.35. The molecule has 3 heteroatoms. The summed E-state index contributed by atoms with van der Waals surface area (Å²) in [6.45, 7) is 6.74. The van der Waals surface area contributed by atoms with Crippen molar-refractivity contribution in [3.8, 4) is 0 Å². The number of rotatable bonds is 2. The Morgan fingerprint density at radius 3 is 2.64 bits per heavy atom. The van der Waals surface area contributed by atoms with Crippen LogP contribution in [-0.2, 0) is 0 Å². The van der Waals surface area contributed by atoms with Gasteiger partial charge in [0, 0.05) is 17.9 Å². The van der Waals surface area contributed by atoms with E-state index >= 15 is 0 Å². The highest BCUT2D eigenvalue weighted by Gasteiger charge is 2.29. The molecule has 2 rings (SSSR count). The zero-order valence-electron chi connectivity index (χ0n) is 9.08. The third-order valence-electron chi connectivity index (χ3n) is 3.15. The first kappa shape index (κ1) is 9.97. The van der Waals surface area contributed by atoms with Gasteiger partial charge in [-0.3, -0.25) is 0 Å². The van der Waals surface area contributed by atoms with E-state index in [-0.39, 0.29) is 0 Å². The molecular weight excluding hydrogens is 192 g/mol. The Kier molecular flexibility index (Phi) is 2.52. The van der Waals surface area contributed by atoms with E-state index in [9.17, 15) is 0 Å². The summed E-state index contributed by atoms with van der Waals surface area (Å²) in [7, 11) is 0. The molecule has 0 aliphatic heterocycles. The van der Waals surface area contributed by atoms with Crippen LogP contribution in [0.15, 0.2) is 6.20 Å². The maximum absolute atomic E-state index is 5.31. The van der Waals surface area contributed by atoms with Crippen LogP contribution in [0.1, 0.15) is 51.3 Å². The van der Waals surface area contributed by atoms with Gasteiger partial charge in [0.25, 0.3) is 0 Å². The fourth-order valence-electron chi connectivity index (χ4n) is 2.28. The maximum Gasteiger partial charge on any atom is 0.177 e. The lowest BCUT2D eigenvalue weighted by Gasteiger charge is -2.35. The number of hydrogen-bond donors (Lipinski definition) is 1. The molecule has 1 aliphatic carbocycles. The van der Waals surface area contributed by atoms with E-state index in [1.165, 1.54) is 18.5 Å². The Labute approximate surface area is 90.3 Å². The maximum atomic E-state index is 5.31. The number of H-pyrrole nitrogens is 1. The van der Waals surface area contributed by atoms with Gasteiger partial charge < -0.3 is 9.55 Å². The molecule has 0 bridgehead atoms. The molecule has 1 N–H and O–H groups in total. The molecule has 1 aromatic rings. The van der Waals surface area contributed by atoms with E-state index in [0.717, 1.165) is 10.7 Å². The van der Waals surface area contributed by atoms with E-state index in [1.54, 1.807) is 0 Å². The smallest absolute Gasteiger partial charge is 0.177 e. The van der Waals surface area contributed by atoms with Gasteiger partial charge in [-0.2, -0.15) is 0 Å². The Hall–Kier alpha value is -0.570. The second-order valence-corrected chi connectivity index (χ2v) is 5.16. The molecule has 0 atom stereocenters. The van der Waals surface area contributed by atoms with Crippen molar-refractivity contribution in [2.75, 3.05) is 0 Å². The Bertz CT molecular complexity index is 369. The molecule has 1 aliphatic rings. The van der Waals surface area contributed by atoms with Gasteiger partial charge in [0.1, 0.15) is 0 Å². The molecule has 0 radical (unpaired) electrons. The third kappa shape index (κ3) is 1.54. The highest BCUT2D eigenvalue weighted by Crippen LogP contribution is 2.39. The van der Waals surface area contributed by atoms with Gasteiger partial charge >= 0.3 is 0 Å². The van der Waals surface area contributed by atoms with E-state index in [0.29, 0.717) is 12.0 Å². The standard InChI is InChI=1S/C11H18N2S/c1-7(2)10-6-12-11(14)13(10)9-4-8(3)5-9/h6-9H,4-5H2,1-3H3,(H,12,14). The van der Waals surface area contributed by atoms with Gasteiger partial charge in [-0.25, -0.2) is 0 Å². The lowest BCUT2D eigenvalue weighted by molar-refractivity contribution is 0.209. The number of imidazole rings is 1. The monoisotopic (exact) mass is 210 g/mol. The van der Waals surface area contributed by atoms with Crippen LogP contribution < -0.4 is 0 Å². The van der Waals surface area contributed by atoms with Crippen LogP contribution in [0, 0.1) is 10.7 Å². The van der Waals surface area contributed by atoms with Crippen LogP contribution in [0.4, 0.5) is 0 Å². The fourth-order valence-corrected chi connectivity index (χ4v) is 2.60. The van der Waals surface area contributed by atoms with Crippen molar-refractivity contribution in [2.24, 2.45) is 5.92 Å². The average molecular weight is 210 g/mol. The van der Waals surface area contributed by atoms with E-state index in [1.807, 2.05) is 0 Å². The molecule has 0 amide bonds. The summed E-state index contributed by atoms with van der Waals surface area (Å²) in [4.78, 5) is 3.16. The molecule has 0 saturated heterocycles. The molecule has 1 fully saturated rings. The van der Waals surface area contributed by atoms with Crippen LogP contribution >= 0.6 is 12.2 Å². The molecule has 14 heavy (non-hydrogen) atoms. The molecule has 1 heterocycles. The highest BCUT2D eigenvalue weighted by atomic mass is 32.1. The summed E-state index contributed by atoms with van der Waals surface area (Å²) in [6.07, 6.45) is 4.63. The molecule has 1 saturated carbocycles. The first-order chi connectivity index (χ1) is 6.59. The second-order valence-electron chi connectivity index (χ2n) is 4.77. The number of nitrogens with zero attached hydrogens (tertiary/aromatic N) is 1. The van der Waals surface area contributed by atoms with Crippen LogP contribution in [0.5, 0.6) is 0 Å². The predicted octanol–water partition coefficient (Wildman–Crippen LogP) is 3.64. The predicted molar refractivity (Wildman–Crippen MR) is 61.1 cm³/mol. The van der Waals surface area contributed by atoms with Crippen molar-refractivity contribution < 1.29 is 0 Å². The molecule has 2 nitrogen and oxygen atoms in total. The summed E-state index contributed by atoms with van der Waals surface area (Å²) in [6, 6.07) is 0.654. The van der Waals surface area contributed by atoms with Gasteiger partial charge in [0.15, 0.2) is 4.77 Å². The van der Waals surface area contributed by atoms with E-state index in [2.05, 4.69) is 36.5 Å². The Morgan fingerprint density at radius 2 is 2.14 bits per heavy atom. The first-order valence-electron chi connectivity index (χ1n) is 5.39. The number of aromatic nitrogens is 2. The average Bonchev–Trinajstić information content (AvgIpc) is 2.41. The minimum absolute atomic E-state index is 0.554. The number of nitrogens with one attached hydrogen (secondary N) is 1. The molecule has 0 aromatic carbocycles. The quantitative estimate of drug-likeness (QED) is 0.739. The van der Waals surface area contributed by atoms with Crippen molar-refractivity contribution >= 4 is 12.2 Å². The minimum atomic E-state index is 0.554. The van der Waals surface area contributed by atoms with Crippen LogP contribution in [0.2, 0.25) is 0 Å². The van der Waals surface area contributed by atoms with Gasteiger partial charge in [-0.1, -0.05) is 20.8 Å². The SMILES string of the molecule is CC1CC(n2c(C(C)C)c[nH]c2=S)C1. The van der Waals surface area contributed by atoms with Crippen molar-refractivity contribution in [1.29, 1.82) is 0 Å². The number of aromatic amines is 1. The topological polar surface area (TPSA) is 20.7 Å². The Balaban J connectivity index is 2.31. The van der Waals surface area contributed by atoms with Gasteiger partial charge in [0.05, 0.1) is 0 Å². The summed E-state index contributed by atoms with van der Waals surface area (Å²) in [5.74, 6) is 1.43. The van der Waals surface area contributed by atoms with Crippen molar-refractivity contribution in [3.05, 3.63) is 16.7 Å². The van der Waals surface area contributed by atoms with Crippen LogP contribution in [0.25, 0.3) is 0 Å². The normalized spacial score (nSPS) is 26.6.